The highest BCUT2D eigenvalue weighted by Gasteiger charge is 2.56. The number of rotatable bonds is 8. The molecule has 0 spiro atoms. The smallest absolute Gasteiger partial charge is 0.345 e. The van der Waals surface area contributed by atoms with Crippen molar-refractivity contribution in [2.24, 2.45) is 5.92 Å². The zero-order chi connectivity index (χ0) is 51.5. The van der Waals surface area contributed by atoms with Gasteiger partial charge in [0.25, 0.3) is 0 Å². The first-order valence-electron chi connectivity index (χ1n) is 19.6. The van der Waals surface area contributed by atoms with Gasteiger partial charge in [-0.25, -0.2) is 24.0 Å². The van der Waals surface area contributed by atoms with Gasteiger partial charge >= 0.3 is 41.8 Å². The number of cyclic esters (lactones) is 2. The van der Waals surface area contributed by atoms with Gasteiger partial charge < -0.3 is 105 Å². The predicted molar refractivity (Wildman–Crippen MR) is 214 cm³/mol. The van der Waals surface area contributed by atoms with Crippen molar-refractivity contribution in [1.82, 2.24) is 0 Å². The number of phenols is 12. The second-order valence-corrected chi connectivity index (χ2v) is 15.3. The minimum Gasteiger partial charge on any atom is -0.504 e. The molecular weight excluding hydrogens is 952 g/mol. The number of carbonyl (C=O) groups is 7. The zero-order valence-electron chi connectivity index (χ0n) is 34.9. The fraction of sp³-hybridized carbons (Fsp3) is 0.262. The molecule has 0 radical (unpaired) electrons. The van der Waals surface area contributed by atoms with Crippen LogP contribution in [0.25, 0.3) is 11.1 Å². The lowest BCUT2D eigenvalue weighted by atomic mass is 9.75. The highest BCUT2D eigenvalue weighted by Crippen LogP contribution is 2.54. The van der Waals surface area contributed by atoms with Crippen molar-refractivity contribution in [3.63, 3.8) is 0 Å². The Morgan fingerprint density at radius 3 is 1.69 bits per heavy atom. The lowest BCUT2D eigenvalue weighted by Crippen LogP contribution is -2.62. The van der Waals surface area contributed by atoms with Crippen molar-refractivity contribution >= 4 is 41.8 Å². The number of phenolic OH excluding ortho intramolecular Hbond substituents is 12. The molecule has 3 aliphatic rings. The van der Waals surface area contributed by atoms with Crippen LogP contribution in [0.1, 0.15) is 59.3 Å². The number of benzene rings is 4. The molecule has 28 heteroatoms. The van der Waals surface area contributed by atoms with Crippen molar-refractivity contribution in [2.75, 3.05) is 13.7 Å². The Balaban J connectivity index is 1.41. The van der Waals surface area contributed by atoms with E-state index < -0.39 is 211 Å². The topological polar surface area (TPSA) is 467 Å². The molecule has 0 unspecified atom stereocenters. The van der Waals surface area contributed by atoms with Gasteiger partial charge in [-0.3, -0.25) is 9.59 Å². The highest BCUT2D eigenvalue weighted by molar-refractivity contribution is 6.08. The van der Waals surface area contributed by atoms with E-state index in [1.165, 1.54) is 0 Å². The van der Waals surface area contributed by atoms with Crippen LogP contribution in [0.5, 0.6) is 69.0 Å². The van der Waals surface area contributed by atoms with Gasteiger partial charge in [0.2, 0.25) is 29.6 Å². The third-order valence-corrected chi connectivity index (χ3v) is 11.2. The molecule has 8 atom stereocenters. The third kappa shape index (κ3) is 8.27. The first kappa shape index (κ1) is 48.6. The van der Waals surface area contributed by atoms with Crippen LogP contribution >= 0.6 is 0 Å². The van der Waals surface area contributed by atoms with Crippen molar-refractivity contribution in [2.45, 2.75) is 49.1 Å². The van der Waals surface area contributed by atoms with Gasteiger partial charge in [0.15, 0.2) is 70.1 Å². The van der Waals surface area contributed by atoms with Crippen LogP contribution in [-0.4, -0.2) is 164 Å². The third-order valence-electron chi connectivity index (χ3n) is 11.2. The molecule has 1 fully saturated rings. The molecule has 14 N–H and O–H groups in total. The number of hydrogen-bond donors (Lipinski definition) is 14. The normalized spacial score (nSPS) is 22.1. The largest absolute Gasteiger partial charge is 0.504 e. The Bertz CT molecular complexity index is 2900. The number of methoxy groups -OCH3 is 1. The number of carbonyl (C=O) groups excluding carboxylic acids is 6. The zero-order valence-corrected chi connectivity index (χ0v) is 34.9. The summed E-state index contributed by atoms with van der Waals surface area (Å²) in [7, 11) is 0.805. The summed E-state index contributed by atoms with van der Waals surface area (Å²) in [6, 6.07) is 2.42. The molecule has 0 amide bonds. The number of carboxylic acid groups (broad SMARTS) is 1. The predicted octanol–water partition coefficient (Wildman–Crippen LogP) is -0.0421. The van der Waals surface area contributed by atoms with Gasteiger partial charge in [-0.15, -0.1) is 0 Å². The van der Waals surface area contributed by atoms with Crippen molar-refractivity contribution in [1.29, 1.82) is 0 Å². The number of ether oxygens (including phenoxy) is 7. The summed E-state index contributed by atoms with van der Waals surface area (Å²) in [5.74, 6) is -32.0. The van der Waals surface area contributed by atoms with E-state index in [1.54, 1.807) is 0 Å². The number of aromatic hydroxyl groups is 12. The summed E-state index contributed by atoms with van der Waals surface area (Å²) in [5, 5.41) is 148. The molecule has 3 aliphatic heterocycles. The van der Waals surface area contributed by atoms with E-state index in [9.17, 15) is 105 Å². The molecule has 4 aromatic carbocycles. The first-order valence-corrected chi connectivity index (χ1v) is 19.6. The van der Waals surface area contributed by atoms with Gasteiger partial charge in [0, 0.05) is 16.7 Å². The molecule has 3 heterocycles. The summed E-state index contributed by atoms with van der Waals surface area (Å²) in [4.78, 5) is 95.1. The lowest BCUT2D eigenvalue weighted by Gasteiger charge is -2.43. The molecule has 370 valence electrons. The van der Waals surface area contributed by atoms with E-state index in [1.807, 2.05) is 0 Å². The average molecular weight is 987 g/mol. The summed E-state index contributed by atoms with van der Waals surface area (Å²) in [6.45, 7) is -1.34. The van der Waals surface area contributed by atoms with Crippen LogP contribution in [0.15, 0.2) is 30.3 Å². The van der Waals surface area contributed by atoms with E-state index in [4.69, 9.17) is 28.4 Å². The molecule has 0 aliphatic carbocycles. The van der Waals surface area contributed by atoms with Crippen molar-refractivity contribution < 1.29 is 138 Å². The van der Waals surface area contributed by atoms with Crippen LogP contribution in [0.3, 0.4) is 0 Å². The van der Waals surface area contributed by atoms with E-state index in [-0.39, 0.29) is 0 Å². The van der Waals surface area contributed by atoms with Crippen LogP contribution in [0.4, 0.5) is 0 Å². The van der Waals surface area contributed by atoms with E-state index in [0.29, 0.717) is 30.3 Å². The van der Waals surface area contributed by atoms with Crippen LogP contribution < -0.4 is 0 Å². The number of aliphatic hydroxyl groups excluding tert-OH is 1. The SMILES string of the molecule is COC(=O)C[C@H](C(=O)O[C@H]1[C@@H]2OC(=O)c3cc(O)c(O)c(O)c3-c3c(cc(O)c(O)c3O)C(=O)OC[C@H]1O[C@H](OC(=O)c1cc(O)c(O)c(O)c1)[C@@H]2O)[C@H]1c2c(cc(O)c(O)c2O)C(=O)O[C@@H]1C(=O)O. The summed E-state index contributed by atoms with van der Waals surface area (Å²) in [5.41, 5.74) is -6.96. The summed E-state index contributed by atoms with van der Waals surface area (Å²) in [6.07, 6.45) is -16.3. The Kier molecular flexibility index (Phi) is 12.5. The Labute approximate surface area is 386 Å². The standard InChI is InChI=1S/C42H34O28/c1-64-20(48)7-13(24-23-12(6-18(47)28(52)31(23)55)39(61)68-34(24)36(57)58)41(63)67-33-19-8-65-38(60)10-4-16(45)26(50)29(53)21(10)22-11(5-17(46)27(51)30(22)54)40(62)69-35(33)32(56)42(66-19)70-37(59)9-2-14(43)25(49)15(44)3-9/h2-6,13,19,24,32-35,42-47,49-56H,7-8H2,1H3,(H,57,58)/t13-,19+,24-,32+,33+,34-,35+,42+/m0/s1. The van der Waals surface area contributed by atoms with E-state index >= 15 is 0 Å². The minimum absolute atomic E-state index is 0.350. The first-order chi connectivity index (χ1) is 32.9. The fourth-order valence-electron chi connectivity index (χ4n) is 7.86. The Morgan fingerprint density at radius 1 is 0.643 bits per heavy atom. The number of aliphatic hydroxyl groups is 1. The molecule has 0 saturated carbocycles. The molecular formula is C42H34O28. The van der Waals surface area contributed by atoms with Crippen molar-refractivity contribution in [3.05, 3.63) is 58.1 Å². The number of esters is 6. The van der Waals surface area contributed by atoms with Gasteiger partial charge in [-0.2, -0.15) is 0 Å². The molecule has 2 bridgehead atoms. The van der Waals surface area contributed by atoms with Crippen LogP contribution in [0.2, 0.25) is 0 Å². The summed E-state index contributed by atoms with van der Waals surface area (Å²) < 4.78 is 37.2. The summed E-state index contributed by atoms with van der Waals surface area (Å²) >= 11 is 0. The molecule has 7 rings (SSSR count). The maximum atomic E-state index is 14.7. The highest BCUT2D eigenvalue weighted by atomic mass is 16.7. The minimum atomic E-state index is -2.67. The maximum Gasteiger partial charge on any atom is 0.345 e. The quantitative estimate of drug-likeness (QED) is 0.0625. The second kappa shape index (κ2) is 18.1. The molecule has 28 nitrogen and oxygen atoms in total. The maximum absolute atomic E-state index is 14.7. The number of aliphatic carboxylic acids is 1. The number of fused-ring (bicyclic) bond motifs is 6. The molecule has 0 aromatic heterocycles. The monoisotopic (exact) mass is 986 g/mol. The Morgan fingerprint density at radius 2 is 1.14 bits per heavy atom. The second-order valence-electron chi connectivity index (χ2n) is 15.3. The van der Waals surface area contributed by atoms with Crippen molar-refractivity contribution in [3.8, 4) is 80.1 Å². The molecule has 1 saturated heterocycles. The van der Waals surface area contributed by atoms with Crippen LogP contribution in [0, 0.1) is 5.92 Å². The molecule has 4 aromatic rings. The fourth-order valence-corrected chi connectivity index (χ4v) is 7.86. The lowest BCUT2D eigenvalue weighted by molar-refractivity contribution is -0.288. The van der Waals surface area contributed by atoms with Gasteiger partial charge in [-0.1, -0.05) is 0 Å². The van der Waals surface area contributed by atoms with Gasteiger partial charge in [0.1, 0.15) is 12.7 Å². The van der Waals surface area contributed by atoms with Gasteiger partial charge in [-0.05, 0) is 30.3 Å². The average Bonchev–Trinajstić information content (AvgIpc) is 3.31. The van der Waals surface area contributed by atoms with E-state index in [2.05, 4.69) is 4.74 Å². The van der Waals surface area contributed by atoms with E-state index in [0.717, 1.165) is 7.11 Å². The number of carboxylic acids is 1. The Hall–Kier alpha value is -9.31. The van der Waals surface area contributed by atoms with Crippen LogP contribution in [-0.2, 0) is 47.5 Å². The molecule has 70 heavy (non-hydrogen) atoms. The van der Waals surface area contributed by atoms with Gasteiger partial charge in [0.05, 0.1) is 47.6 Å². The number of hydrogen-bond acceptors (Lipinski definition) is 27.